The lowest BCUT2D eigenvalue weighted by Crippen LogP contribution is -2.36. The average molecular weight is 706 g/mol. The van der Waals surface area contributed by atoms with Gasteiger partial charge >= 0.3 is 0 Å². The van der Waals surface area contributed by atoms with Gasteiger partial charge in [-0.05, 0) is 92.3 Å². The first kappa shape index (κ1) is 29.9. The first-order valence-electron chi connectivity index (χ1n) is 18.5. The Morgan fingerprint density at radius 2 is 1.02 bits per heavy atom. The summed E-state index contributed by atoms with van der Waals surface area (Å²) >= 11 is 1.86. The molecular weight excluding hydrogens is 675 g/mol. The second-order valence-electron chi connectivity index (χ2n) is 14.4. The van der Waals surface area contributed by atoms with Gasteiger partial charge in [-0.2, -0.15) is 0 Å². The van der Waals surface area contributed by atoms with Crippen LogP contribution in [0.3, 0.4) is 0 Å². The number of thiophene rings is 1. The summed E-state index contributed by atoms with van der Waals surface area (Å²) in [6.07, 6.45) is 0. The Hall–Kier alpha value is -6.68. The molecule has 0 saturated carbocycles. The van der Waals surface area contributed by atoms with Crippen molar-refractivity contribution in [1.29, 1.82) is 0 Å². The fourth-order valence-electron chi connectivity index (χ4n) is 9.44. The molecular formula is C51H31NOS. The van der Waals surface area contributed by atoms with Crippen molar-refractivity contribution in [1.82, 2.24) is 0 Å². The molecule has 0 N–H and O–H groups in total. The van der Waals surface area contributed by atoms with Crippen molar-refractivity contribution in [3.05, 3.63) is 210 Å². The Balaban J connectivity index is 1.10. The maximum Gasteiger partial charge on any atom is 0.134 e. The zero-order valence-electron chi connectivity index (χ0n) is 29.2. The van der Waals surface area contributed by atoms with E-state index in [1.807, 2.05) is 11.3 Å². The highest BCUT2D eigenvalue weighted by atomic mass is 32.1. The standard InChI is InChI=1S/C51H31NOS/c1-2-16-35(17-3-1)52(37-24-26-39-41-28-33-12-4-5-13-34(33)29-48(41)54-49(39)31-37)36-25-27-44-47(30-36)53-46-23-9-8-21-43(46)51(44)42-20-7-6-18-38(42)40-19-10-14-32-15-11-22-45(51)50(32)40/h1-31H. The van der Waals surface area contributed by atoms with E-state index >= 15 is 0 Å². The van der Waals surface area contributed by atoms with E-state index in [1.54, 1.807) is 0 Å². The van der Waals surface area contributed by atoms with Crippen molar-refractivity contribution < 1.29 is 4.74 Å². The molecule has 3 heteroatoms. The largest absolute Gasteiger partial charge is 0.457 e. The number of para-hydroxylation sites is 2. The smallest absolute Gasteiger partial charge is 0.134 e. The molecule has 2 heterocycles. The van der Waals surface area contributed by atoms with Gasteiger partial charge in [-0.1, -0.05) is 133 Å². The van der Waals surface area contributed by atoms with Crippen LogP contribution in [0.25, 0.3) is 52.8 Å². The molecule has 1 aliphatic heterocycles. The highest BCUT2D eigenvalue weighted by Crippen LogP contribution is 2.61. The summed E-state index contributed by atoms with van der Waals surface area (Å²) in [5.74, 6) is 1.76. The van der Waals surface area contributed by atoms with Crippen molar-refractivity contribution >= 4 is 70.1 Å². The van der Waals surface area contributed by atoms with E-state index in [9.17, 15) is 0 Å². The van der Waals surface area contributed by atoms with Gasteiger partial charge in [0.05, 0.1) is 5.41 Å². The van der Waals surface area contributed by atoms with Gasteiger partial charge in [0.1, 0.15) is 11.5 Å². The lowest BCUT2D eigenvalue weighted by molar-refractivity contribution is 0.435. The van der Waals surface area contributed by atoms with Gasteiger partial charge in [-0.25, -0.2) is 0 Å². The molecule has 1 aromatic heterocycles. The van der Waals surface area contributed by atoms with Gasteiger partial charge < -0.3 is 9.64 Å². The molecule has 0 fully saturated rings. The van der Waals surface area contributed by atoms with Crippen LogP contribution in [0.4, 0.5) is 17.1 Å². The summed E-state index contributed by atoms with van der Waals surface area (Å²) in [6.45, 7) is 0. The third-order valence-corrected chi connectivity index (χ3v) is 12.8. The van der Waals surface area contributed by atoms with Crippen molar-refractivity contribution in [3.63, 3.8) is 0 Å². The van der Waals surface area contributed by atoms with Crippen molar-refractivity contribution in [2.75, 3.05) is 4.90 Å². The van der Waals surface area contributed by atoms with Gasteiger partial charge in [0.15, 0.2) is 0 Å². The molecule has 1 atom stereocenters. The highest BCUT2D eigenvalue weighted by Gasteiger charge is 2.49. The van der Waals surface area contributed by atoms with Crippen LogP contribution in [-0.4, -0.2) is 0 Å². The molecule has 1 unspecified atom stereocenters. The van der Waals surface area contributed by atoms with Gasteiger partial charge in [-0.15, -0.1) is 11.3 Å². The maximum atomic E-state index is 6.99. The molecule has 10 aromatic rings. The summed E-state index contributed by atoms with van der Waals surface area (Å²) in [5.41, 5.74) is 10.1. The zero-order valence-corrected chi connectivity index (χ0v) is 30.0. The Morgan fingerprint density at radius 3 is 1.91 bits per heavy atom. The zero-order chi connectivity index (χ0) is 35.4. The van der Waals surface area contributed by atoms with E-state index in [0.29, 0.717) is 0 Å². The van der Waals surface area contributed by atoms with Gasteiger partial charge in [0.25, 0.3) is 0 Å². The Kier molecular flexibility index (Phi) is 6.17. The van der Waals surface area contributed by atoms with Gasteiger partial charge in [0.2, 0.25) is 0 Å². The van der Waals surface area contributed by atoms with Crippen LogP contribution in [0.2, 0.25) is 0 Å². The van der Waals surface area contributed by atoms with E-state index in [2.05, 4.69) is 193 Å². The molecule has 9 aromatic carbocycles. The normalized spacial score (nSPS) is 15.3. The quantitative estimate of drug-likeness (QED) is 0.181. The molecule has 0 saturated heterocycles. The van der Waals surface area contributed by atoms with Crippen molar-refractivity contribution in [2.45, 2.75) is 5.41 Å². The van der Waals surface area contributed by atoms with Crippen LogP contribution in [0.15, 0.2) is 188 Å². The summed E-state index contributed by atoms with van der Waals surface area (Å²) in [4.78, 5) is 2.36. The van der Waals surface area contributed by atoms with Crippen LogP contribution >= 0.6 is 11.3 Å². The minimum Gasteiger partial charge on any atom is -0.457 e. The molecule has 0 bridgehead atoms. The topological polar surface area (TPSA) is 12.5 Å². The van der Waals surface area contributed by atoms with E-state index < -0.39 is 5.41 Å². The number of anilines is 3. The maximum absolute atomic E-state index is 6.99. The van der Waals surface area contributed by atoms with Crippen molar-refractivity contribution in [2.24, 2.45) is 0 Å². The molecule has 1 spiro atoms. The molecule has 2 aliphatic rings. The van der Waals surface area contributed by atoms with Crippen LogP contribution in [0.5, 0.6) is 11.5 Å². The monoisotopic (exact) mass is 705 g/mol. The molecule has 12 rings (SSSR count). The van der Waals surface area contributed by atoms with Crippen LogP contribution in [-0.2, 0) is 5.41 Å². The predicted molar refractivity (Wildman–Crippen MR) is 226 cm³/mol. The van der Waals surface area contributed by atoms with Crippen LogP contribution in [0, 0.1) is 0 Å². The predicted octanol–water partition coefficient (Wildman–Crippen LogP) is 14.3. The first-order chi connectivity index (χ1) is 26.8. The molecule has 0 radical (unpaired) electrons. The lowest BCUT2D eigenvalue weighted by Gasteiger charge is -2.45. The third kappa shape index (κ3) is 4.05. The molecule has 0 amide bonds. The average Bonchev–Trinajstić information content (AvgIpc) is 3.58. The van der Waals surface area contributed by atoms with E-state index in [4.69, 9.17) is 4.74 Å². The number of hydrogen-bond acceptors (Lipinski definition) is 3. The number of hydrogen-bond donors (Lipinski definition) is 0. The van der Waals surface area contributed by atoms with E-state index in [0.717, 1.165) is 34.1 Å². The third-order valence-electron chi connectivity index (χ3n) is 11.7. The molecule has 252 valence electrons. The number of fused-ring (bicyclic) bond motifs is 12. The highest BCUT2D eigenvalue weighted by molar-refractivity contribution is 7.25. The summed E-state index contributed by atoms with van der Waals surface area (Å²) in [6, 6.07) is 68.9. The second kappa shape index (κ2) is 11.2. The van der Waals surface area contributed by atoms with Gasteiger partial charge in [0, 0.05) is 54.4 Å². The number of ether oxygens (including phenoxy) is 1. The minimum absolute atomic E-state index is 0.565. The molecule has 54 heavy (non-hydrogen) atoms. The van der Waals surface area contributed by atoms with Gasteiger partial charge in [-0.3, -0.25) is 0 Å². The van der Waals surface area contributed by atoms with Crippen molar-refractivity contribution in [3.8, 4) is 22.6 Å². The SMILES string of the molecule is c1ccc(N(c2ccc3c(c2)Oc2ccccc2C32c3ccccc3-c3cccc4cccc2c34)c2ccc3c(c2)sc2cc4ccccc4cc23)cc1. The van der Waals surface area contributed by atoms with Crippen LogP contribution < -0.4 is 9.64 Å². The number of benzene rings is 9. The minimum atomic E-state index is -0.565. The Bertz CT molecular complexity index is 3160. The summed E-state index contributed by atoms with van der Waals surface area (Å²) in [5, 5.41) is 7.70. The fourth-order valence-corrected chi connectivity index (χ4v) is 10.6. The number of rotatable bonds is 3. The van der Waals surface area contributed by atoms with E-state index in [-0.39, 0.29) is 0 Å². The van der Waals surface area contributed by atoms with E-state index in [1.165, 1.54) is 69.5 Å². The van der Waals surface area contributed by atoms with Crippen LogP contribution in [0.1, 0.15) is 22.3 Å². The summed E-state index contributed by atoms with van der Waals surface area (Å²) in [7, 11) is 0. The molecule has 1 aliphatic carbocycles. The Labute approximate surface area is 316 Å². The first-order valence-corrected chi connectivity index (χ1v) is 19.3. The molecule has 2 nitrogen and oxygen atoms in total. The summed E-state index contributed by atoms with van der Waals surface area (Å²) < 4.78 is 9.57. The number of nitrogens with zero attached hydrogens (tertiary/aromatic N) is 1. The second-order valence-corrected chi connectivity index (χ2v) is 15.5. The Morgan fingerprint density at radius 1 is 0.389 bits per heavy atom. The fraction of sp³-hybridized carbons (Fsp3) is 0.0196. The lowest BCUT2D eigenvalue weighted by atomic mass is 9.58.